The van der Waals surface area contributed by atoms with Crippen molar-refractivity contribution < 1.29 is 9.47 Å². The molecule has 78 valence electrons. The van der Waals surface area contributed by atoms with Gasteiger partial charge in [-0.05, 0) is 30.1 Å². The maximum atomic E-state index is 5.53. The van der Waals surface area contributed by atoms with Gasteiger partial charge >= 0.3 is 6.01 Å². The van der Waals surface area contributed by atoms with Crippen molar-refractivity contribution in [1.82, 2.24) is 15.0 Å². The number of hydrogen-bond donors (Lipinski definition) is 0. The first kappa shape index (κ1) is 11.4. The molecule has 1 aromatic rings. The number of aromatic nitrogens is 3. The van der Waals surface area contributed by atoms with Crippen molar-refractivity contribution in [2.75, 3.05) is 19.8 Å². The Morgan fingerprint density at radius 2 is 1.71 bits per heavy atom. The van der Waals surface area contributed by atoms with Gasteiger partial charge in [-0.1, -0.05) is 0 Å². The summed E-state index contributed by atoms with van der Waals surface area (Å²) in [6.45, 7) is 3.36. The monoisotopic (exact) mass is 237 g/mol. The molecule has 7 heteroatoms. The van der Waals surface area contributed by atoms with Gasteiger partial charge in [0.2, 0.25) is 10.6 Å². The van der Waals surface area contributed by atoms with Crippen molar-refractivity contribution in [1.29, 1.82) is 0 Å². The molecule has 0 amide bonds. The molecule has 5 nitrogen and oxygen atoms in total. The first-order chi connectivity index (χ1) is 6.72. The topological polar surface area (TPSA) is 57.1 Å². The van der Waals surface area contributed by atoms with E-state index in [1.807, 2.05) is 6.92 Å². The molecule has 0 aliphatic carbocycles. The minimum absolute atomic E-state index is 0.0106. The van der Waals surface area contributed by atoms with E-state index in [0.29, 0.717) is 19.8 Å². The van der Waals surface area contributed by atoms with Crippen LogP contribution in [0.15, 0.2) is 0 Å². The van der Waals surface area contributed by atoms with Gasteiger partial charge in [-0.25, -0.2) is 0 Å². The summed E-state index contributed by atoms with van der Waals surface area (Å²) in [5, 5.41) is 0.0211. The number of hydrogen-bond acceptors (Lipinski definition) is 5. The Hall–Kier alpha value is -0.650. The fourth-order valence-electron chi connectivity index (χ4n) is 0.710. The summed E-state index contributed by atoms with van der Waals surface area (Å²) in [6.07, 6.45) is 0. The third-order valence-corrected chi connectivity index (χ3v) is 1.56. The molecule has 0 saturated carbocycles. The van der Waals surface area contributed by atoms with E-state index in [4.69, 9.17) is 32.7 Å². The van der Waals surface area contributed by atoms with E-state index in [1.165, 1.54) is 0 Å². The van der Waals surface area contributed by atoms with E-state index < -0.39 is 0 Å². The van der Waals surface area contributed by atoms with Crippen molar-refractivity contribution in [3.63, 3.8) is 0 Å². The second kappa shape index (κ2) is 5.95. The van der Waals surface area contributed by atoms with Crippen LogP contribution in [-0.2, 0) is 4.74 Å². The van der Waals surface area contributed by atoms with Gasteiger partial charge in [0.25, 0.3) is 0 Å². The third kappa shape index (κ3) is 4.04. The normalized spacial score (nSPS) is 10.2. The fourth-order valence-corrected chi connectivity index (χ4v) is 1.06. The van der Waals surface area contributed by atoms with Crippen LogP contribution in [0, 0.1) is 0 Å². The Morgan fingerprint density at radius 3 is 2.29 bits per heavy atom. The molecule has 0 radical (unpaired) electrons. The minimum Gasteiger partial charge on any atom is -0.461 e. The van der Waals surface area contributed by atoms with Crippen LogP contribution in [0.2, 0.25) is 10.6 Å². The quantitative estimate of drug-likeness (QED) is 0.729. The lowest BCUT2D eigenvalue weighted by Gasteiger charge is -2.03. The Labute approximate surface area is 91.4 Å². The van der Waals surface area contributed by atoms with Crippen LogP contribution in [-0.4, -0.2) is 34.8 Å². The average molecular weight is 238 g/mol. The summed E-state index contributed by atoms with van der Waals surface area (Å²) in [4.78, 5) is 11.0. The fraction of sp³-hybridized carbons (Fsp3) is 0.571. The molecule has 0 aliphatic heterocycles. The maximum absolute atomic E-state index is 5.53. The van der Waals surface area contributed by atoms with Crippen LogP contribution in [0.3, 0.4) is 0 Å². The van der Waals surface area contributed by atoms with Gasteiger partial charge in [0.15, 0.2) is 0 Å². The lowest BCUT2D eigenvalue weighted by Crippen LogP contribution is -2.08. The Balaban J connectivity index is 2.42. The molecule has 1 aromatic heterocycles. The van der Waals surface area contributed by atoms with Gasteiger partial charge in [-0.3, -0.25) is 0 Å². The Kier molecular flexibility index (Phi) is 4.86. The molecular formula is C7H9Cl2N3O2. The second-order valence-electron chi connectivity index (χ2n) is 2.20. The van der Waals surface area contributed by atoms with E-state index in [0.717, 1.165) is 0 Å². The van der Waals surface area contributed by atoms with Gasteiger partial charge < -0.3 is 9.47 Å². The van der Waals surface area contributed by atoms with E-state index >= 15 is 0 Å². The SMILES string of the molecule is CCOCCOc1nc(Cl)nc(Cl)n1. The number of ether oxygens (including phenoxy) is 2. The number of rotatable bonds is 5. The largest absolute Gasteiger partial charge is 0.461 e. The molecule has 0 atom stereocenters. The highest BCUT2D eigenvalue weighted by molar-refractivity contribution is 6.31. The second-order valence-corrected chi connectivity index (χ2v) is 2.88. The number of halogens is 2. The maximum Gasteiger partial charge on any atom is 0.322 e. The summed E-state index contributed by atoms with van der Waals surface area (Å²) in [5.74, 6) is 0. The highest BCUT2D eigenvalue weighted by Gasteiger charge is 2.03. The van der Waals surface area contributed by atoms with Gasteiger partial charge in [-0.15, -0.1) is 0 Å². The van der Waals surface area contributed by atoms with Crippen molar-refractivity contribution in [3.8, 4) is 6.01 Å². The van der Waals surface area contributed by atoms with Crippen LogP contribution in [0.25, 0.3) is 0 Å². The molecule has 0 bridgehead atoms. The van der Waals surface area contributed by atoms with Crippen LogP contribution in [0.4, 0.5) is 0 Å². The van der Waals surface area contributed by atoms with Crippen molar-refractivity contribution in [2.24, 2.45) is 0 Å². The zero-order valence-electron chi connectivity index (χ0n) is 7.54. The lowest BCUT2D eigenvalue weighted by atomic mass is 10.7. The molecule has 0 spiro atoms. The zero-order valence-corrected chi connectivity index (χ0v) is 9.05. The predicted octanol–water partition coefficient (Wildman–Crippen LogP) is 1.59. The average Bonchev–Trinajstić information content (AvgIpc) is 2.11. The van der Waals surface area contributed by atoms with Gasteiger partial charge in [0, 0.05) is 6.61 Å². The summed E-state index contributed by atoms with van der Waals surface area (Å²) in [7, 11) is 0. The molecule has 0 N–H and O–H groups in total. The van der Waals surface area contributed by atoms with Gasteiger partial charge in [0.1, 0.15) is 6.61 Å². The zero-order chi connectivity index (χ0) is 10.4. The molecule has 0 aromatic carbocycles. The highest BCUT2D eigenvalue weighted by Crippen LogP contribution is 2.10. The molecular weight excluding hydrogens is 229 g/mol. The van der Waals surface area contributed by atoms with E-state index in [2.05, 4.69) is 15.0 Å². The molecule has 0 saturated heterocycles. The van der Waals surface area contributed by atoms with Crippen LogP contribution >= 0.6 is 23.2 Å². The van der Waals surface area contributed by atoms with E-state index in [1.54, 1.807) is 0 Å². The van der Waals surface area contributed by atoms with Crippen LogP contribution in [0.5, 0.6) is 6.01 Å². The van der Waals surface area contributed by atoms with Crippen molar-refractivity contribution in [3.05, 3.63) is 10.6 Å². The number of nitrogens with zero attached hydrogens (tertiary/aromatic N) is 3. The smallest absolute Gasteiger partial charge is 0.322 e. The minimum atomic E-state index is 0.0106. The van der Waals surface area contributed by atoms with Crippen LogP contribution in [0.1, 0.15) is 6.92 Å². The summed E-state index contributed by atoms with van der Waals surface area (Å²) < 4.78 is 10.2. The Morgan fingerprint density at radius 1 is 1.07 bits per heavy atom. The summed E-state index contributed by atoms with van der Waals surface area (Å²) in [6, 6.07) is 0.106. The molecule has 0 aliphatic rings. The molecule has 14 heavy (non-hydrogen) atoms. The lowest BCUT2D eigenvalue weighted by molar-refractivity contribution is 0.106. The molecule has 0 unspecified atom stereocenters. The summed E-state index contributed by atoms with van der Waals surface area (Å²) in [5.41, 5.74) is 0. The standard InChI is InChI=1S/C7H9Cl2N3O2/c1-2-13-3-4-14-7-11-5(8)10-6(9)12-7/h2-4H2,1H3. The van der Waals surface area contributed by atoms with E-state index in [-0.39, 0.29) is 16.6 Å². The Bertz CT molecular complexity index is 278. The molecule has 1 heterocycles. The highest BCUT2D eigenvalue weighted by atomic mass is 35.5. The van der Waals surface area contributed by atoms with Crippen molar-refractivity contribution in [2.45, 2.75) is 6.92 Å². The van der Waals surface area contributed by atoms with E-state index in [9.17, 15) is 0 Å². The van der Waals surface area contributed by atoms with Gasteiger partial charge in [-0.2, -0.15) is 15.0 Å². The summed E-state index contributed by atoms with van der Waals surface area (Å²) >= 11 is 11.1. The third-order valence-electron chi connectivity index (χ3n) is 1.22. The molecule has 0 fully saturated rings. The van der Waals surface area contributed by atoms with Crippen molar-refractivity contribution >= 4 is 23.2 Å². The van der Waals surface area contributed by atoms with Crippen LogP contribution < -0.4 is 4.74 Å². The first-order valence-corrected chi connectivity index (χ1v) is 4.75. The van der Waals surface area contributed by atoms with Gasteiger partial charge in [0.05, 0.1) is 6.61 Å². The predicted molar refractivity (Wildman–Crippen MR) is 51.8 cm³/mol. The first-order valence-electron chi connectivity index (χ1n) is 4.00. The molecule has 1 rings (SSSR count).